The van der Waals surface area contributed by atoms with Gasteiger partial charge in [0.25, 0.3) is 0 Å². The van der Waals surface area contributed by atoms with Crippen molar-refractivity contribution in [2.75, 3.05) is 13.1 Å². The van der Waals surface area contributed by atoms with Crippen LogP contribution in [0, 0.1) is 0 Å². The van der Waals surface area contributed by atoms with Crippen LogP contribution in [0.2, 0.25) is 0 Å². The predicted molar refractivity (Wildman–Crippen MR) is 108 cm³/mol. The van der Waals surface area contributed by atoms with Crippen molar-refractivity contribution in [1.82, 2.24) is 35.6 Å². The molecule has 3 heterocycles. The fourth-order valence-corrected chi connectivity index (χ4v) is 3.39. The molecule has 0 radical (unpaired) electrons. The molecule has 1 unspecified atom stereocenters. The highest BCUT2D eigenvalue weighted by atomic mass is 35.5. The van der Waals surface area contributed by atoms with Gasteiger partial charge in [-0.3, -0.25) is 14.6 Å². The third-order valence-corrected chi connectivity index (χ3v) is 4.77. The third kappa shape index (κ3) is 4.76. The molecule has 0 spiro atoms. The van der Waals surface area contributed by atoms with Gasteiger partial charge in [0, 0.05) is 29.9 Å². The number of aromatic amines is 1. The maximum Gasteiger partial charge on any atom is 0.242 e. The highest BCUT2D eigenvalue weighted by Crippen LogP contribution is 2.22. The van der Waals surface area contributed by atoms with Gasteiger partial charge < -0.3 is 10.6 Å². The molecule has 4 rings (SSSR count). The third-order valence-electron chi connectivity index (χ3n) is 4.77. The minimum atomic E-state index is -0.0959. The van der Waals surface area contributed by atoms with Crippen molar-refractivity contribution < 1.29 is 4.79 Å². The van der Waals surface area contributed by atoms with Gasteiger partial charge in [-0.05, 0) is 25.5 Å². The van der Waals surface area contributed by atoms with E-state index >= 15 is 0 Å². The van der Waals surface area contributed by atoms with Gasteiger partial charge in [0.05, 0.1) is 6.54 Å². The highest BCUT2D eigenvalue weighted by Gasteiger charge is 2.20. The molecule has 1 amide bonds. The van der Waals surface area contributed by atoms with Gasteiger partial charge in [-0.15, -0.1) is 12.4 Å². The summed E-state index contributed by atoms with van der Waals surface area (Å²) in [6, 6.07) is 11.7. The quantitative estimate of drug-likeness (QED) is 0.585. The zero-order chi connectivity index (χ0) is 18.5. The second-order valence-electron chi connectivity index (χ2n) is 6.71. The zero-order valence-electron chi connectivity index (χ0n) is 15.5. The summed E-state index contributed by atoms with van der Waals surface area (Å²) in [4.78, 5) is 16.8. The molecule has 1 saturated heterocycles. The van der Waals surface area contributed by atoms with Crippen LogP contribution in [0.4, 0.5) is 0 Å². The Morgan fingerprint density at radius 2 is 2.11 bits per heavy atom. The summed E-state index contributed by atoms with van der Waals surface area (Å²) in [6.45, 7) is 2.51. The standard InChI is InChI=1S/C19H23N7O.ClH/c27-18(13-26-16(8-10-22-26)15-7-4-9-20-11-15)21-12-17-23-19(25-24-17)14-5-2-1-3-6-14;/h1-3,5-6,8,10,15,20H,4,7,9,11-13H2,(H,21,27)(H,23,24,25);1H. The number of H-pyrrole nitrogens is 1. The Balaban J connectivity index is 0.00000225. The second-order valence-corrected chi connectivity index (χ2v) is 6.71. The molecule has 1 fully saturated rings. The largest absolute Gasteiger partial charge is 0.347 e. The Morgan fingerprint density at radius 3 is 2.89 bits per heavy atom. The van der Waals surface area contributed by atoms with Crippen molar-refractivity contribution in [3.05, 3.63) is 54.1 Å². The number of hydrogen-bond donors (Lipinski definition) is 3. The first kappa shape index (κ1) is 20.0. The van der Waals surface area contributed by atoms with Crippen LogP contribution >= 0.6 is 12.4 Å². The van der Waals surface area contributed by atoms with Crippen LogP contribution < -0.4 is 10.6 Å². The van der Waals surface area contributed by atoms with E-state index in [0.717, 1.165) is 37.2 Å². The lowest BCUT2D eigenvalue weighted by Crippen LogP contribution is -2.32. The van der Waals surface area contributed by atoms with Gasteiger partial charge in [0.1, 0.15) is 12.4 Å². The normalized spacial score (nSPS) is 16.4. The van der Waals surface area contributed by atoms with Crippen LogP contribution in [0.1, 0.15) is 30.3 Å². The fourth-order valence-electron chi connectivity index (χ4n) is 3.39. The summed E-state index contributed by atoms with van der Waals surface area (Å²) in [7, 11) is 0. The Labute approximate surface area is 169 Å². The number of nitrogens with one attached hydrogen (secondary N) is 3. The van der Waals surface area contributed by atoms with Crippen LogP contribution in [-0.2, 0) is 17.9 Å². The van der Waals surface area contributed by atoms with Crippen LogP contribution in [-0.4, -0.2) is 44.0 Å². The Bertz CT molecular complexity index is 887. The number of benzene rings is 1. The smallest absolute Gasteiger partial charge is 0.242 e. The van der Waals surface area contributed by atoms with Gasteiger partial charge in [-0.25, -0.2) is 4.98 Å². The molecule has 1 aliphatic rings. The van der Waals surface area contributed by atoms with E-state index in [1.165, 1.54) is 0 Å². The minimum Gasteiger partial charge on any atom is -0.347 e. The monoisotopic (exact) mass is 401 g/mol. The van der Waals surface area contributed by atoms with Gasteiger partial charge in [-0.2, -0.15) is 10.2 Å². The first-order valence-corrected chi connectivity index (χ1v) is 9.25. The molecule has 0 saturated carbocycles. The number of rotatable bonds is 6. The van der Waals surface area contributed by atoms with Crippen LogP contribution in [0.25, 0.3) is 11.4 Å². The average Bonchev–Trinajstić information content (AvgIpc) is 3.37. The van der Waals surface area contributed by atoms with Crippen LogP contribution in [0.3, 0.4) is 0 Å². The number of carbonyl (C=O) groups is 1. The number of carbonyl (C=O) groups excluding carboxylic acids is 1. The van der Waals surface area contributed by atoms with E-state index in [9.17, 15) is 4.79 Å². The Kier molecular flexibility index (Phi) is 6.78. The molecule has 2 aromatic heterocycles. The van der Waals surface area contributed by atoms with Crippen molar-refractivity contribution in [2.45, 2.75) is 31.8 Å². The molecule has 0 aliphatic carbocycles. The molecule has 28 heavy (non-hydrogen) atoms. The summed E-state index contributed by atoms with van der Waals surface area (Å²) in [5, 5.41) is 17.7. The Hall–Kier alpha value is -2.71. The summed E-state index contributed by atoms with van der Waals surface area (Å²) < 4.78 is 1.79. The summed E-state index contributed by atoms with van der Waals surface area (Å²) in [6.07, 6.45) is 4.04. The minimum absolute atomic E-state index is 0. The SMILES string of the molecule is Cl.O=C(Cn1nccc1C1CCCNC1)NCc1nc(-c2ccccc2)n[nH]1. The van der Waals surface area contributed by atoms with Crippen LogP contribution in [0.15, 0.2) is 42.6 Å². The van der Waals surface area contributed by atoms with E-state index in [4.69, 9.17) is 0 Å². The van der Waals surface area contributed by atoms with Crippen molar-refractivity contribution in [3.63, 3.8) is 0 Å². The van der Waals surface area contributed by atoms with Crippen molar-refractivity contribution in [3.8, 4) is 11.4 Å². The molecular formula is C19H24ClN7O. The van der Waals surface area contributed by atoms with Gasteiger partial charge in [0.15, 0.2) is 5.82 Å². The summed E-state index contributed by atoms with van der Waals surface area (Å²) in [5.41, 5.74) is 2.05. The Morgan fingerprint density at radius 1 is 1.25 bits per heavy atom. The molecule has 3 N–H and O–H groups in total. The van der Waals surface area contributed by atoms with E-state index in [2.05, 4.69) is 30.9 Å². The molecule has 3 aromatic rings. The lowest BCUT2D eigenvalue weighted by molar-refractivity contribution is -0.122. The first-order valence-electron chi connectivity index (χ1n) is 9.25. The van der Waals surface area contributed by atoms with Crippen molar-refractivity contribution in [2.24, 2.45) is 0 Å². The molecule has 8 nitrogen and oxygen atoms in total. The van der Waals surface area contributed by atoms with Crippen LogP contribution in [0.5, 0.6) is 0 Å². The predicted octanol–water partition coefficient (Wildman–Crippen LogP) is 1.87. The van der Waals surface area contributed by atoms with Crippen molar-refractivity contribution in [1.29, 1.82) is 0 Å². The number of piperidine rings is 1. The summed E-state index contributed by atoms with van der Waals surface area (Å²) >= 11 is 0. The molecular weight excluding hydrogens is 378 g/mol. The lowest BCUT2D eigenvalue weighted by atomic mass is 9.96. The number of hydrogen-bond acceptors (Lipinski definition) is 5. The van der Waals surface area contributed by atoms with Gasteiger partial charge in [-0.1, -0.05) is 30.3 Å². The van der Waals surface area contributed by atoms with E-state index < -0.39 is 0 Å². The number of amides is 1. The average molecular weight is 402 g/mol. The zero-order valence-corrected chi connectivity index (χ0v) is 16.3. The van der Waals surface area contributed by atoms with E-state index in [1.807, 2.05) is 36.4 Å². The number of nitrogens with zero attached hydrogens (tertiary/aromatic N) is 4. The van der Waals surface area contributed by atoms with E-state index in [0.29, 0.717) is 24.1 Å². The molecule has 0 bridgehead atoms. The maximum absolute atomic E-state index is 12.3. The fraction of sp³-hybridized carbons (Fsp3) is 0.368. The molecule has 148 valence electrons. The van der Waals surface area contributed by atoms with E-state index in [1.54, 1.807) is 10.9 Å². The molecule has 1 aromatic carbocycles. The molecule has 1 aliphatic heterocycles. The lowest BCUT2D eigenvalue weighted by Gasteiger charge is -2.23. The number of halogens is 1. The molecule has 1 atom stereocenters. The maximum atomic E-state index is 12.3. The highest BCUT2D eigenvalue weighted by molar-refractivity contribution is 5.85. The first-order chi connectivity index (χ1) is 13.3. The topological polar surface area (TPSA) is 101 Å². The second kappa shape index (κ2) is 9.48. The van der Waals surface area contributed by atoms with Gasteiger partial charge >= 0.3 is 0 Å². The summed E-state index contributed by atoms with van der Waals surface area (Å²) in [5.74, 6) is 1.57. The van der Waals surface area contributed by atoms with E-state index in [-0.39, 0.29) is 24.9 Å². The van der Waals surface area contributed by atoms with Crippen molar-refractivity contribution >= 4 is 18.3 Å². The molecule has 9 heteroatoms. The number of aromatic nitrogens is 5. The van der Waals surface area contributed by atoms with Gasteiger partial charge in [0.2, 0.25) is 5.91 Å².